The van der Waals surface area contributed by atoms with E-state index >= 15 is 0 Å². The summed E-state index contributed by atoms with van der Waals surface area (Å²) in [6.07, 6.45) is 19.4. The highest BCUT2D eigenvalue weighted by atomic mass is 35.5. The van der Waals surface area contributed by atoms with E-state index in [2.05, 4.69) is 30.5 Å². The molecular formula is C28H39ClN3O2-. The smallest absolute Gasteiger partial charge is 0.259 e. The fraction of sp³-hybridized carbons (Fsp3) is 0.679. The first kappa shape index (κ1) is 25.2. The van der Waals surface area contributed by atoms with E-state index in [1.165, 1.54) is 31.3 Å². The van der Waals surface area contributed by atoms with Crippen LogP contribution in [-0.2, 0) is 9.59 Å². The molecule has 0 radical (unpaired) electrons. The largest absolute Gasteiger partial charge is 1.00 e. The van der Waals surface area contributed by atoms with E-state index in [0.29, 0.717) is 18.2 Å². The van der Waals surface area contributed by atoms with Gasteiger partial charge in [-0.3, -0.25) is 9.59 Å². The quantitative estimate of drug-likeness (QED) is 0.621. The monoisotopic (exact) mass is 484 g/mol. The molecule has 34 heavy (non-hydrogen) atoms. The van der Waals surface area contributed by atoms with Crippen LogP contribution in [0.5, 0.6) is 0 Å². The second-order valence-electron chi connectivity index (χ2n) is 11.6. The molecule has 6 atom stereocenters. The molecule has 1 heterocycles. The summed E-state index contributed by atoms with van der Waals surface area (Å²) in [5, 5.41) is 4.50. The van der Waals surface area contributed by atoms with Gasteiger partial charge in [-0.05, 0) is 105 Å². The van der Waals surface area contributed by atoms with Crippen molar-refractivity contribution < 1.29 is 22.0 Å². The number of carbonyl (C=O) groups excluding carboxylic acids is 2. The van der Waals surface area contributed by atoms with Crippen LogP contribution < -0.4 is 17.8 Å². The Balaban J connectivity index is 0.00000274. The number of halogens is 1. The van der Waals surface area contributed by atoms with Crippen LogP contribution in [0.1, 0.15) is 72.1 Å². The number of hydrazone groups is 1. The number of ketones is 1. The molecule has 186 valence electrons. The van der Waals surface area contributed by atoms with Gasteiger partial charge in [0.15, 0.2) is 0 Å². The lowest BCUT2D eigenvalue weighted by atomic mass is 9.46. The number of allylic oxidation sites excluding steroid dienone is 4. The summed E-state index contributed by atoms with van der Waals surface area (Å²) in [4.78, 5) is 26.7. The maximum absolute atomic E-state index is 12.4. The van der Waals surface area contributed by atoms with E-state index in [9.17, 15) is 9.59 Å². The second-order valence-corrected chi connectivity index (χ2v) is 11.6. The Morgan fingerprint density at radius 2 is 1.91 bits per heavy atom. The highest BCUT2D eigenvalue weighted by molar-refractivity contribution is 5.97. The predicted octanol–water partition coefficient (Wildman–Crippen LogP) is 2.02. The van der Waals surface area contributed by atoms with Crippen molar-refractivity contribution in [2.24, 2.45) is 39.6 Å². The third-order valence-corrected chi connectivity index (χ3v) is 10.0. The first-order valence-electron chi connectivity index (χ1n) is 13.0. The molecule has 3 saturated carbocycles. The van der Waals surface area contributed by atoms with Gasteiger partial charge in [0.2, 0.25) is 0 Å². The SMILES string of the molecule is CC(=O)C1CCC2C3CCC4=CC(=NNC(=O)CN5C=CC=CC5)CCC4(C)C3CCC12C.[Cl-]. The molecule has 1 amide bonds. The molecule has 1 N–H and O–H groups in total. The summed E-state index contributed by atoms with van der Waals surface area (Å²) >= 11 is 0. The van der Waals surface area contributed by atoms with Gasteiger partial charge in [0, 0.05) is 12.5 Å². The average molecular weight is 485 g/mol. The number of Topliss-reactive ketones (excluding diaryl/α,β-unsaturated/α-hetero) is 1. The Morgan fingerprint density at radius 1 is 1.09 bits per heavy atom. The van der Waals surface area contributed by atoms with Crippen LogP contribution in [0.2, 0.25) is 0 Å². The molecule has 0 spiro atoms. The van der Waals surface area contributed by atoms with Crippen molar-refractivity contribution >= 4 is 17.4 Å². The molecule has 6 unspecified atom stereocenters. The molecule has 0 aromatic carbocycles. The molecule has 0 bridgehead atoms. The molecule has 5 aliphatic rings. The van der Waals surface area contributed by atoms with Crippen LogP contribution in [0.4, 0.5) is 0 Å². The Bertz CT molecular complexity index is 953. The third-order valence-electron chi connectivity index (χ3n) is 10.0. The summed E-state index contributed by atoms with van der Waals surface area (Å²) in [5.41, 5.74) is 5.80. The molecular weight excluding hydrogens is 446 g/mol. The van der Waals surface area contributed by atoms with E-state index in [1.54, 1.807) is 0 Å². The van der Waals surface area contributed by atoms with Crippen LogP contribution in [0, 0.1) is 34.5 Å². The summed E-state index contributed by atoms with van der Waals surface area (Å²) < 4.78 is 0. The average Bonchev–Trinajstić information content (AvgIpc) is 3.16. The van der Waals surface area contributed by atoms with Crippen molar-refractivity contribution in [2.45, 2.75) is 72.1 Å². The zero-order valence-electron chi connectivity index (χ0n) is 20.9. The minimum atomic E-state index is -0.0641. The Labute approximate surface area is 210 Å². The molecule has 1 aliphatic heterocycles. The first-order valence-corrected chi connectivity index (χ1v) is 13.0. The molecule has 5 nitrogen and oxygen atoms in total. The van der Waals surface area contributed by atoms with Crippen molar-refractivity contribution in [1.29, 1.82) is 0 Å². The van der Waals surface area contributed by atoms with E-state index in [1.807, 2.05) is 36.3 Å². The van der Waals surface area contributed by atoms with Gasteiger partial charge in [-0.15, -0.1) is 0 Å². The van der Waals surface area contributed by atoms with E-state index in [0.717, 1.165) is 49.8 Å². The normalized spacial score (nSPS) is 39.4. The first-order chi connectivity index (χ1) is 15.8. The molecule has 5 rings (SSSR count). The minimum absolute atomic E-state index is 0. The number of amides is 1. The zero-order chi connectivity index (χ0) is 23.2. The van der Waals surface area contributed by atoms with Crippen molar-refractivity contribution in [3.63, 3.8) is 0 Å². The number of hydrogen-bond donors (Lipinski definition) is 1. The van der Waals surface area contributed by atoms with Crippen LogP contribution in [0.25, 0.3) is 0 Å². The number of rotatable bonds is 4. The van der Waals surface area contributed by atoms with Gasteiger partial charge in [-0.2, -0.15) is 5.10 Å². The summed E-state index contributed by atoms with van der Waals surface area (Å²) in [6, 6.07) is 0. The molecule has 6 heteroatoms. The molecule has 0 saturated heterocycles. The minimum Gasteiger partial charge on any atom is -1.00 e. The van der Waals surface area contributed by atoms with Gasteiger partial charge in [-0.1, -0.05) is 31.6 Å². The highest BCUT2D eigenvalue weighted by Gasteiger charge is 2.59. The standard InChI is InChI=1S/C28H39N3O2.ClH/c1-19(32)23-9-10-24-22-8-7-20-17-21(29-30-26(33)18-31-15-5-4-6-16-31)11-13-27(20,2)25(22)12-14-28(23,24)3;/h4-6,15,17,22-25H,7-14,16,18H2,1-3H3,(H,30,33);1H/p-1. The summed E-state index contributed by atoms with van der Waals surface area (Å²) in [7, 11) is 0. The van der Waals surface area contributed by atoms with Gasteiger partial charge < -0.3 is 17.3 Å². The number of nitrogens with one attached hydrogen (secondary N) is 1. The summed E-state index contributed by atoms with van der Waals surface area (Å²) in [5.74, 6) is 2.80. The van der Waals surface area contributed by atoms with E-state index < -0.39 is 0 Å². The van der Waals surface area contributed by atoms with Gasteiger partial charge in [0.1, 0.15) is 5.78 Å². The number of fused-ring (bicyclic) bond motifs is 5. The number of nitrogens with zero attached hydrogens (tertiary/aromatic N) is 2. The number of hydrogen-bond acceptors (Lipinski definition) is 4. The Hall–Kier alpha value is -1.88. The van der Waals surface area contributed by atoms with Crippen LogP contribution in [0.15, 0.2) is 41.2 Å². The molecule has 0 aromatic heterocycles. The van der Waals surface area contributed by atoms with Gasteiger partial charge >= 0.3 is 0 Å². The lowest BCUT2D eigenvalue weighted by molar-refractivity contribution is -0.127. The summed E-state index contributed by atoms with van der Waals surface area (Å²) in [6.45, 7) is 7.82. The number of carbonyl (C=O) groups is 2. The third kappa shape index (κ3) is 4.29. The van der Waals surface area contributed by atoms with Crippen LogP contribution in [0.3, 0.4) is 0 Å². The van der Waals surface area contributed by atoms with Gasteiger partial charge in [-0.25, -0.2) is 5.43 Å². The fourth-order valence-electron chi connectivity index (χ4n) is 8.31. The lowest BCUT2D eigenvalue weighted by Crippen LogP contribution is -3.00. The maximum atomic E-state index is 12.4. The Kier molecular flexibility index (Phi) is 7.15. The van der Waals surface area contributed by atoms with Crippen LogP contribution >= 0.6 is 0 Å². The fourth-order valence-corrected chi connectivity index (χ4v) is 8.31. The highest BCUT2D eigenvalue weighted by Crippen LogP contribution is 2.66. The van der Waals surface area contributed by atoms with Gasteiger partial charge in [0.05, 0.1) is 12.3 Å². The maximum Gasteiger partial charge on any atom is 0.259 e. The molecule has 0 aromatic rings. The van der Waals surface area contributed by atoms with Crippen molar-refractivity contribution in [2.75, 3.05) is 13.1 Å². The zero-order valence-corrected chi connectivity index (χ0v) is 21.6. The second kappa shape index (κ2) is 9.64. The van der Waals surface area contributed by atoms with E-state index in [-0.39, 0.29) is 35.1 Å². The van der Waals surface area contributed by atoms with Crippen molar-refractivity contribution in [1.82, 2.24) is 10.3 Å². The van der Waals surface area contributed by atoms with E-state index in [4.69, 9.17) is 0 Å². The van der Waals surface area contributed by atoms with Crippen LogP contribution in [-0.4, -0.2) is 35.4 Å². The molecule has 4 aliphatic carbocycles. The lowest BCUT2D eigenvalue weighted by Gasteiger charge is -2.58. The predicted molar refractivity (Wildman–Crippen MR) is 131 cm³/mol. The van der Waals surface area contributed by atoms with Gasteiger partial charge in [0.25, 0.3) is 5.91 Å². The molecule has 3 fully saturated rings. The topological polar surface area (TPSA) is 61.8 Å². The van der Waals surface area contributed by atoms with Crippen molar-refractivity contribution in [3.8, 4) is 0 Å². The van der Waals surface area contributed by atoms with Crippen molar-refractivity contribution in [3.05, 3.63) is 36.1 Å². The Morgan fingerprint density at radius 3 is 2.65 bits per heavy atom.